The summed E-state index contributed by atoms with van der Waals surface area (Å²) in [6.45, 7) is 0. The first-order valence-electron chi connectivity index (χ1n) is 2.90. The van der Waals surface area contributed by atoms with Crippen molar-refractivity contribution in [2.45, 2.75) is 30.4 Å². The van der Waals surface area contributed by atoms with Crippen LogP contribution in [0.15, 0.2) is 0 Å². The third-order valence-electron chi connectivity index (χ3n) is 1.64. The molecule has 0 amide bonds. The molecule has 8 heavy (non-hydrogen) atoms. The minimum absolute atomic E-state index is 0.264. The molecule has 0 aromatic heterocycles. The van der Waals surface area contributed by atoms with Crippen molar-refractivity contribution in [1.29, 1.82) is 5.26 Å². The summed E-state index contributed by atoms with van der Waals surface area (Å²) in [6, 6.07) is 2.20. The van der Waals surface area contributed by atoms with Crippen LogP contribution in [0.3, 0.4) is 0 Å². The molecule has 0 bridgehead atoms. The van der Waals surface area contributed by atoms with E-state index in [-0.39, 0.29) is 4.75 Å². The summed E-state index contributed by atoms with van der Waals surface area (Å²) in [5.74, 6) is 0. The Labute approximate surface area is 55.1 Å². The molecule has 0 aromatic rings. The zero-order chi connectivity index (χ0) is 6.04. The Morgan fingerprint density at radius 3 is 2.12 bits per heavy atom. The van der Waals surface area contributed by atoms with Gasteiger partial charge in [0.2, 0.25) is 0 Å². The Morgan fingerprint density at radius 1 is 1.38 bits per heavy atom. The van der Waals surface area contributed by atoms with Crippen LogP contribution >= 0.6 is 12.6 Å². The maximum atomic E-state index is 8.50. The molecular formula is C6H9NS. The molecule has 0 N–H and O–H groups in total. The van der Waals surface area contributed by atoms with Gasteiger partial charge in [-0.25, -0.2) is 0 Å². The minimum Gasteiger partial charge on any atom is -0.197 e. The smallest absolute Gasteiger partial charge is 0.0995 e. The monoisotopic (exact) mass is 127 g/mol. The van der Waals surface area contributed by atoms with Gasteiger partial charge in [0.1, 0.15) is 0 Å². The second kappa shape index (κ2) is 1.99. The van der Waals surface area contributed by atoms with Crippen LogP contribution in [0.25, 0.3) is 0 Å². The normalized spacial score (nSPS) is 25.0. The summed E-state index contributed by atoms with van der Waals surface area (Å²) in [5.41, 5.74) is 0. The molecule has 0 saturated heterocycles. The molecule has 0 unspecified atom stereocenters. The van der Waals surface area contributed by atoms with E-state index in [2.05, 4.69) is 18.7 Å². The van der Waals surface area contributed by atoms with Gasteiger partial charge in [-0.3, -0.25) is 0 Å². The molecule has 1 rings (SSSR count). The average molecular weight is 127 g/mol. The minimum atomic E-state index is -0.264. The van der Waals surface area contributed by atoms with Crippen LogP contribution in [-0.4, -0.2) is 4.75 Å². The van der Waals surface area contributed by atoms with E-state index in [0.717, 1.165) is 12.8 Å². The van der Waals surface area contributed by atoms with Crippen LogP contribution in [0.5, 0.6) is 0 Å². The lowest BCUT2D eigenvalue weighted by molar-refractivity contribution is 0.767. The fraction of sp³-hybridized carbons (Fsp3) is 0.833. The molecule has 1 aliphatic rings. The third kappa shape index (κ3) is 0.976. The molecule has 1 aliphatic carbocycles. The summed E-state index contributed by atoms with van der Waals surface area (Å²) in [6.07, 6.45) is 4.31. The molecule has 44 valence electrons. The molecule has 0 aromatic carbocycles. The van der Waals surface area contributed by atoms with Gasteiger partial charge < -0.3 is 0 Å². The van der Waals surface area contributed by atoms with Gasteiger partial charge in [0.25, 0.3) is 0 Å². The van der Waals surface area contributed by atoms with Crippen molar-refractivity contribution in [3.63, 3.8) is 0 Å². The van der Waals surface area contributed by atoms with Crippen LogP contribution in [0.1, 0.15) is 25.7 Å². The number of thiol groups is 1. The summed E-state index contributed by atoms with van der Waals surface area (Å²) in [5, 5.41) is 8.50. The van der Waals surface area contributed by atoms with Gasteiger partial charge in [-0.1, -0.05) is 12.8 Å². The maximum Gasteiger partial charge on any atom is 0.0995 e. The Hall–Kier alpha value is -0.160. The van der Waals surface area contributed by atoms with Gasteiger partial charge in [0, 0.05) is 0 Å². The van der Waals surface area contributed by atoms with Gasteiger partial charge in [-0.15, -0.1) is 0 Å². The number of rotatable bonds is 0. The van der Waals surface area contributed by atoms with E-state index in [0.29, 0.717) is 0 Å². The fourth-order valence-corrected chi connectivity index (χ4v) is 1.39. The highest BCUT2D eigenvalue weighted by molar-refractivity contribution is 7.82. The first kappa shape index (κ1) is 5.97. The highest BCUT2D eigenvalue weighted by Gasteiger charge is 2.28. The number of nitrogens with zero attached hydrogens (tertiary/aromatic N) is 1. The van der Waals surface area contributed by atoms with Gasteiger partial charge in [-0.05, 0) is 12.8 Å². The Bertz CT molecular complexity index is 119. The summed E-state index contributed by atoms with van der Waals surface area (Å²) >= 11 is 4.22. The lowest BCUT2D eigenvalue weighted by Crippen LogP contribution is -2.11. The Morgan fingerprint density at radius 2 is 1.88 bits per heavy atom. The van der Waals surface area contributed by atoms with Crippen molar-refractivity contribution >= 4 is 12.6 Å². The maximum absolute atomic E-state index is 8.50. The average Bonchev–Trinajstić information content (AvgIpc) is 2.17. The summed E-state index contributed by atoms with van der Waals surface area (Å²) in [4.78, 5) is 0. The third-order valence-corrected chi connectivity index (χ3v) is 2.19. The van der Waals surface area contributed by atoms with Gasteiger partial charge >= 0.3 is 0 Å². The van der Waals surface area contributed by atoms with Gasteiger partial charge in [0.05, 0.1) is 10.8 Å². The van der Waals surface area contributed by atoms with Crippen molar-refractivity contribution in [3.05, 3.63) is 0 Å². The Kier molecular flexibility index (Phi) is 1.48. The SMILES string of the molecule is N#CC1(S)CCCC1. The molecule has 1 nitrogen and oxygen atoms in total. The lowest BCUT2D eigenvalue weighted by atomic mass is 10.1. The molecule has 0 spiro atoms. The Balaban J connectivity index is 2.56. The number of hydrogen-bond acceptors (Lipinski definition) is 2. The molecule has 2 heteroatoms. The van der Waals surface area contributed by atoms with Crippen LogP contribution in [0.2, 0.25) is 0 Å². The van der Waals surface area contributed by atoms with Gasteiger partial charge in [0.15, 0.2) is 0 Å². The van der Waals surface area contributed by atoms with Crippen LogP contribution in [0, 0.1) is 11.3 Å². The first-order chi connectivity index (χ1) is 3.77. The molecular weight excluding hydrogens is 118 g/mol. The number of hydrogen-bond donors (Lipinski definition) is 1. The molecule has 0 heterocycles. The highest BCUT2D eigenvalue weighted by atomic mass is 32.1. The van der Waals surface area contributed by atoms with Crippen molar-refractivity contribution in [3.8, 4) is 6.07 Å². The van der Waals surface area contributed by atoms with E-state index in [9.17, 15) is 0 Å². The van der Waals surface area contributed by atoms with E-state index in [1.807, 2.05) is 0 Å². The van der Waals surface area contributed by atoms with Crippen LogP contribution in [-0.2, 0) is 0 Å². The van der Waals surface area contributed by atoms with Crippen molar-refractivity contribution in [2.75, 3.05) is 0 Å². The van der Waals surface area contributed by atoms with Gasteiger partial charge in [-0.2, -0.15) is 17.9 Å². The molecule has 1 fully saturated rings. The predicted octanol–water partition coefficient (Wildman–Crippen LogP) is 1.75. The van der Waals surface area contributed by atoms with E-state index < -0.39 is 0 Å². The summed E-state index contributed by atoms with van der Waals surface area (Å²) < 4.78 is -0.264. The standard InChI is InChI=1S/C6H9NS/c7-5-6(8)3-1-2-4-6/h8H,1-4H2. The largest absolute Gasteiger partial charge is 0.197 e. The van der Waals surface area contributed by atoms with E-state index in [1.165, 1.54) is 12.8 Å². The fourth-order valence-electron chi connectivity index (χ4n) is 1.07. The zero-order valence-electron chi connectivity index (χ0n) is 4.72. The number of nitriles is 1. The molecule has 1 saturated carbocycles. The molecule has 0 radical (unpaired) electrons. The van der Waals surface area contributed by atoms with Crippen molar-refractivity contribution in [1.82, 2.24) is 0 Å². The summed E-state index contributed by atoms with van der Waals surface area (Å²) in [7, 11) is 0. The van der Waals surface area contributed by atoms with Crippen molar-refractivity contribution in [2.24, 2.45) is 0 Å². The lowest BCUT2D eigenvalue weighted by Gasteiger charge is -2.08. The van der Waals surface area contributed by atoms with Crippen LogP contribution in [0.4, 0.5) is 0 Å². The van der Waals surface area contributed by atoms with Crippen LogP contribution < -0.4 is 0 Å². The first-order valence-corrected chi connectivity index (χ1v) is 3.35. The second-order valence-corrected chi connectivity index (χ2v) is 3.21. The van der Waals surface area contributed by atoms with E-state index in [4.69, 9.17) is 5.26 Å². The van der Waals surface area contributed by atoms with Crippen molar-refractivity contribution < 1.29 is 0 Å². The predicted molar refractivity (Wildman–Crippen MR) is 35.8 cm³/mol. The second-order valence-electron chi connectivity index (χ2n) is 2.35. The topological polar surface area (TPSA) is 23.8 Å². The molecule has 0 atom stereocenters. The van der Waals surface area contributed by atoms with E-state index in [1.54, 1.807) is 0 Å². The quantitative estimate of drug-likeness (QED) is 0.492. The molecule has 0 aliphatic heterocycles. The zero-order valence-corrected chi connectivity index (χ0v) is 5.62. The highest BCUT2D eigenvalue weighted by Crippen LogP contribution is 2.34. The van der Waals surface area contributed by atoms with E-state index >= 15 is 0 Å².